The minimum absolute atomic E-state index is 0.0792. The Bertz CT molecular complexity index is 649. The van der Waals surface area contributed by atoms with Crippen molar-refractivity contribution in [1.82, 2.24) is 0 Å². The van der Waals surface area contributed by atoms with E-state index in [0.717, 1.165) is 44.9 Å². The topological polar surface area (TPSA) is 26.3 Å². The van der Waals surface area contributed by atoms with Gasteiger partial charge in [-0.2, -0.15) is 0 Å². The van der Waals surface area contributed by atoms with Crippen molar-refractivity contribution in [2.45, 2.75) is 91.4 Å². The molecule has 4 fully saturated rings. The lowest BCUT2D eigenvalue weighted by Gasteiger charge is -2.62. The summed E-state index contributed by atoms with van der Waals surface area (Å²) in [5.74, 6) is -2.39. The fourth-order valence-corrected chi connectivity index (χ4v) is 8.84. The molecular weight excluding hydrogens is 370 g/mol. The van der Waals surface area contributed by atoms with Crippen molar-refractivity contribution in [3.63, 3.8) is 0 Å². The largest absolute Gasteiger partial charge is 0.469 e. The van der Waals surface area contributed by atoms with E-state index in [-0.39, 0.29) is 52.8 Å². The van der Waals surface area contributed by atoms with E-state index in [2.05, 4.69) is 20.8 Å². The number of carbonyl (C=O) groups excluding carboxylic acids is 1. The quantitative estimate of drug-likeness (QED) is 0.482. The van der Waals surface area contributed by atoms with E-state index in [1.807, 2.05) is 6.92 Å². The molecule has 2 nitrogen and oxygen atoms in total. The van der Waals surface area contributed by atoms with E-state index in [9.17, 15) is 4.79 Å². The monoisotopic (exact) mass is 410 g/mol. The number of hydrogen-bond donors (Lipinski definition) is 0. The van der Waals surface area contributed by atoms with Gasteiger partial charge in [-0.05, 0) is 78.9 Å². The van der Waals surface area contributed by atoms with Crippen molar-refractivity contribution in [2.24, 2.45) is 52.3 Å². The fourth-order valence-electron chi connectivity index (χ4n) is 8.84. The van der Waals surface area contributed by atoms with Gasteiger partial charge in [-0.15, -0.1) is 0 Å². The number of alkyl halides is 2. The Kier molecular flexibility index (Phi) is 5.35. The van der Waals surface area contributed by atoms with E-state index < -0.39 is 11.8 Å². The van der Waals surface area contributed by atoms with Gasteiger partial charge in [-0.25, -0.2) is 8.78 Å². The Morgan fingerprint density at radius 2 is 1.66 bits per heavy atom. The fraction of sp³-hybridized carbons (Fsp3) is 0.960. The smallest absolute Gasteiger partial charge is 0.308 e. The van der Waals surface area contributed by atoms with Crippen LogP contribution in [0.4, 0.5) is 8.78 Å². The lowest BCUT2D eigenvalue weighted by Crippen LogP contribution is -2.60. The van der Waals surface area contributed by atoms with Crippen LogP contribution in [0.2, 0.25) is 0 Å². The Morgan fingerprint density at radius 3 is 2.34 bits per heavy atom. The molecule has 29 heavy (non-hydrogen) atoms. The SMILES string of the molecule is COC(=O)C(C)[C@@H](C)C1CCC2C3C(CCC21C)C1(C)CCCCC1CC3(F)F. The molecule has 0 radical (unpaired) electrons. The van der Waals surface area contributed by atoms with Gasteiger partial charge in [-0.3, -0.25) is 4.79 Å². The van der Waals surface area contributed by atoms with Crippen LogP contribution in [0.1, 0.15) is 85.5 Å². The number of hydrogen-bond acceptors (Lipinski definition) is 2. The van der Waals surface area contributed by atoms with Crippen molar-refractivity contribution in [3.05, 3.63) is 0 Å². The zero-order chi connectivity index (χ0) is 21.2. The lowest BCUT2D eigenvalue weighted by atomic mass is 9.43. The molecule has 166 valence electrons. The first-order valence-electron chi connectivity index (χ1n) is 12.0. The van der Waals surface area contributed by atoms with Crippen LogP contribution in [0.25, 0.3) is 0 Å². The molecule has 0 aromatic heterocycles. The third-order valence-corrected chi connectivity index (χ3v) is 10.6. The predicted molar refractivity (Wildman–Crippen MR) is 111 cm³/mol. The maximum atomic E-state index is 15.7. The average molecular weight is 411 g/mol. The molecule has 0 N–H and O–H groups in total. The highest BCUT2D eigenvalue weighted by Gasteiger charge is 2.68. The number of esters is 1. The summed E-state index contributed by atoms with van der Waals surface area (Å²) < 4.78 is 36.4. The number of ether oxygens (including phenoxy) is 1. The summed E-state index contributed by atoms with van der Waals surface area (Å²) in [7, 11) is 1.44. The lowest BCUT2D eigenvalue weighted by molar-refractivity contribution is -0.233. The number of carbonyl (C=O) groups is 1. The Hall–Kier alpha value is -0.670. The molecule has 4 aliphatic rings. The first-order chi connectivity index (χ1) is 13.6. The van der Waals surface area contributed by atoms with Crippen molar-refractivity contribution in [2.75, 3.05) is 7.11 Å². The third-order valence-electron chi connectivity index (χ3n) is 10.6. The van der Waals surface area contributed by atoms with E-state index in [0.29, 0.717) is 5.92 Å². The number of rotatable bonds is 3. The predicted octanol–water partition coefficient (Wildman–Crippen LogP) is 6.73. The summed E-state index contributed by atoms with van der Waals surface area (Å²) in [6.45, 7) is 8.71. The molecule has 9 atom stereocenters. The van der Waals surface area contributed by atoms with E-state index >= 15 is 8.78 Å². The molecule has 0 bridgehead atoms. The van der Waals surface area contributed by atoms with Crippen LogP contribution in [0, 0.1) is 52.3 Å². The zero-order valence-corrected chi connectivity index (χ0v) is 19.0. The van der Waals surface area contributed by atoms with Crippen LogP contribution >= 0.6 is 0 Å². The molecule has 0 spiro atoms. The van der Waals surface area contributed by atoms with Crippen LogP contribution < -0.4 is 0 Å². The second-order valence-corrected chi connectivity index (χ2v) is 11.6. The molecule has 0 aromatic rings. The van der Waals surface area contributed by atoms with Gasteiger partial charge in [0.2, 0.25) is 0 Å². The average Bonchev–Trinajstić information content (AvgIpc) is 3.03. The Labute approximate surface area is 175 Å². The standard InChI is InChI=1S/C25H40F2O2/c1-15(16(2)22(28)29-5)18-9-10-19-21-20(11-13-24(18,19)4)23(3)12-7-6-8-17(23)14-25(21,26)27/h15-21H,6-14H2,1-5H3/t15-,16?,17?,18?,19?,20?,21?,23?,24?/m1/s1. The first-order valence-corrected chi connectivity index (χ1v) is 12.0. The molecule has 0 saturated heterocycles. The van der Waals surface area contributed by atoms with Crippen molar-refractivity contribution in [3.8, 4) is 0 Å². The molecule has 4 saturated carbocycles. The molecule has 4 rings (SSSR count). The molecule has 0 heterocycles. The highest BCUT2D eigenvalue weighted by Crippen LogP contribution is 2.71. The van der Waals surface area contributed by atoms with Crippen molar-refractivity contribution >= 4 is 5.97 Å². The second-order valence-electron chi connectivity index (χ2n) is 11.6. The summed E-state index contributed by atoms with van der Waals surface area (Å²) in [6.07, 6.45) is 8.43. The summed E-state index contributed by atoms with van der Waals surface area (Å²) in [5.41, 5.74) is 0.0269. The Morgan fingerprint density at radius 1 is 0.966 bits per heavy atom. The summed E-state index contributed by atoms with van der Waals surface area (Å²) in [6, 6.07) is 0. The molecule has 0 amide bonds. The second kappa shape index (κ2) is 7.19. The summed E-state index contributed by atoms with van der Waals surface area (Å²) in [4.78, 5) is 12.2. The van der Waals surface area contributed by atoms with E-state index in [1.54, 1.807) is 0 Å². The number of methoxy groups -OCH3 is 1. The minimum Gasteiger partial charge on any atom is -0.469 e. The minimum atomic E-state index is -2.54. The van der Waals surface area contributed by atoms with Crippen LogP contribution in [-0.2, 0) is 9.53 Å². The van der Waals surface area contributed by atoms with Gasteiger partial charge in [0.05, 0.1) is 13.0 Å². The van der Waals surface area contributed by atoms with Crippen LogP contribution in [-0.4, -0.2) is 19.0 Å². The van der Waals surface area contributed by atoms with E-state index in [1.165, 1.54) is 13.5 Å². The van der Waals surface area contributed by atoms with Gasteiger partial charge < -0.3 is 4.74 Å². The zero-order valence-electron chi connectivity index (χ0n) is 19.0. The normalized spacial score (nSPS) is 48.0. The van der Waals surface area contributed by atoms with Gasteiger partial charge in [0.1, 0.15) is 0 Å². The highest BCUT2D eigenvalue weighted by atomic mass is 19.3. The van der Waals surface area contributed by atoms with Crippen LogP contribution in [0.3, 0.4) is 0 Å². The van der Waals surface area contributed by atoms with Crippen LogP contribution in [0.5, 0.6) is 0 Å². The molecule has 0 aliphatic heterocycles. The summed E-state index contributed by atoms with van der Waals surface area (Å²) in [5, 5.41) is 0. The van der Waals surface area contributed by atoms with Gasteiger partial charge in [0, 0.05) is 12.3 Å². The summed E-state index contributed by atoms with van der Waals surface area (Å²) >= 11 is 0. The van der Waals surface area contributed by atoms with Gasteiger partial charge in [0.25, 0.3) is 5.92 Å². The van der Waals surface area contributed by atoms with Crippen molar-refractivity contribution < 1.29 is 18.3 Å². The van der Waals surface area contributed by atoms with Crippen molar-refractivity contribution in [1.29, 1.82) is 0 Å². The van der Waals surface area contributed by atoms with Gasteiger partial charge >= 0.3 is 5.97 Å². The maximum absolute atomic E-state index is 15.7. The molecule has 8 unspecified atom stereocenters. The molecule has 4 heteroatoms. The number of fused-ring (bicyclic) bond motifs is 5. The Balaban J connectivity index is 1.64. The molecule has 0 aromatic carbocycles. The molecular formula is C25H40F2O2. The van der Waals surface area contributed by atoms with Crippen LogP contribution in [0.15, 0.2) is 0 Å². The van der Waals surface area contributed by atoms with E-state index in [4.69, 9.17) is 4.74 Å². The third kappa shape index (κ3) is 3.09. The highest BCUT2D eigenvalue weighted by molar-refractivity contribution is 5.72. The number of halogens is 2. The van der Waals surface area contributed by atoms with Gasteiger partial charge in [-0.1, -0.05) is 40.5 Å². The first kappa shape index (κ1) is 21.6. The van der Waals surface area contributed by atoms with Gasteiger partial charge in [0.15, 0.2) is 0 Å². The molecule has 4 aliphatic carbocycles. The maximum Gasteiger partial charge on any atom is 0.308 e.